The van der Waals surface area contributed by atoms with Crippen molar-refractivity contribution in [1.82, 2.24) is 23.3 Å². The molecule has 12 aromatic carbocycles. The molecule has 0 radical (unpaired) electrons. The smallest absolute Gasteiger partial charge is 0.220 e. The molecular formula is C76H49N5O. The van der Waals surface area contributed by atoms with Crippen LogP contribution in [0.25, 0.3) is 155 Å². The van der Waals surface area contributed by atoms with Gasteiger partial charge in [0.25, 0.3) is 0 Å². The van der Waals surface area contributed by atoms with Crippen LogP contribution in [0.15, 0.2) is 265 Å². The molecule has 0 saturated heterocycles. The van der Waals surface area contributed by atoms with Gasteiger partial charge in [-0.05, 0) is 154 Å². The van der Waals surface area contributed by atoms with Gasteiger partial charge in [0.1, 0.15) is 11.2 Å². The molecule has 0 atom stereocenters. The number of furan rings is 1. The Morgan fingerprint density at radius 2 is 0.841 bits per heavy atom. The number of benzene rings is 12. The fraction of sp³-hybridized carbons (Fsp3) is 0.0395. The summed E-state index contributed by atoms with van der Waals surface area (Å²) < 4.78 is 16.0. The van der Waals surface area contributed by atoms with Gasteiger partial charge in [-0.3, -0.25) is 9.13 Å². The zero-order valence-corrected chi connectivity index (χ0v) is 45.0. The highest BCUT2D eigenvalue weighted by Crippen LogP contribution is 2.53. The van der Waals surface area contributed by atoms with Crippen LogP contribution in [0, 0.1) is 0 Å². The van der Waals surface area contributed by atoms with E-state index in [0.29, 0.717) is 0 Å². The molecule has 0 unspecified atom stereocenters. The maximum Gasteiger partial charge on any atom is 0.220 e. The zero-order chi connectivity index (χ0) is 53.9. The third-order valence-electron chi connectivity index (χ3n) is 18.0. The van der Waals surface area contributed by atoms with Crippen molar-refractivity contribution in [2.24, 2.45) is 0 Å². The van der Waals surface area contributed by atoms with E-state index in [1.54, 1.807) is 0 Å². The predicted molar refractivity (Wildman–Crippen MR) is 340 cm³/mol. The van der Waals surface area contributed by atoms with Gasteiger partial charge < -0.3 is 13.6 Å². The molecular weight excluding hydrogens is 999 g/mol. The van der Waals surface area contributed by atoms with Crippen LogP contribution >= 0.6 is 0 Å². The quantitative estimate of drug-likeness (QED) is 0.167. The SMILES string of the molecule is CC1(C)c2ccccc2-c2c1ccc1c2c2ccccc2n1-c1nc2cc(-c3ccc4c(c3)c3ccccc3n4-c3ccc(-c4ccc5c(c4)c4c6c(ccc4n5-c4ccccc4)oc4ccccc46)cc3)ccc2n1-c1ccccc1. The Hall–Kier alpha value is -10.7. The Morgan fingerprint density at radius 1 is 0.317 bits per heavy atom. The molecule has 0 fully saturated rings. The highest BCUT2D eigenvalue weighted by molar-refractivity contribution is 6.28. The van der Waals surface area contributed by atoms with E-state index in [1.165, 1.54) is 60.1 Å². The first-order chi connectivity index (χ1) is 40.4. The maximum atomic E-state index is 6.45. The molecule has 17 aromatic rings. The molecule has 5 aromatic heterocycles. The topological polar surface area (TPSA) is 45.8 Å². The summed E-state index contributed by atoms with van der Waals surface area (Å²) in [7, 11) is 0. The van der Waals surface area contributed by atoms with Gasteiger partial charge in [-0.1, -0.05) is 166 Å². The van der Waals surface area contributed by atoms with E-state index in [2.05, 4.69) is 287 Å². The highest BCUT2D eigenvalue weighted by atomic mass is 16.3. The first-order valence-electron chi connectivity index (χ1n) is 28.3. The molecule has 6 nitrogen and oxygen atoms in total. The molecule has 5 heterocycles. The van der Waals surface area contributed by atoms with Crippen molar-refractivity contribution in [2.45, 2.75) is 19.3 Å². The van der Waals surface area contributed by atoms with Crippen LogP contribution in [0.3, 0.4) is 0 Å². The molecule has 6 heteroatoms. The van der Waals surface area contributed by atoms with E-state index < -0.39 is 0 Å². The Kier molecular flexibility index (Phi) is 9.19. The normalized spacial score (nSPS) is 13.1. The summed E-state index contributed by atoms with van der Waals surface area (Å²) in [5.74, 6) is 0.861. The van der Waals surface area contributed by atoms with Crippen molar-refractivity contribution in [3.05, 3.63) is 272 Å². The number of hydrogen-bond donors (Lipinski definition) is 0. The summed E-state index contributed by atoms with van der Waals surface area (Å²) in [6.07, 6.45) is 0. The molecule has 0 spiro atoms. The molecule has 0 N–H and O–H groups in total. The second-order valence-electron chi connectivity index (χ2n) is 22.7. The molecule has 1 aliphatic carbocycles. The van der Waals surface area contributed by atoms with Gasteiger partial charge in [-0.2, -0.15) is 0 Å². The summed E-state index contributed by atoms with van der Waals surface area (Å²) >= 11 is 0. The van der Waals surface area contributed by atoms with Gasteiger partial charge in [0.15, 0.2) is 0 Å². The van der Waals surface area contributed by atoms with Crippen molar-refractivity contribution >= 4 is 98.4 Å². The van der Waals surface area contributed by atoms with E-state index in [0.717, 1.165) is 106 Å². The van der Waals surface area contributed by atoms with Crippen LogP contribution in [0.5, 0.6) is 0 Å². The lowest BCUT2D eigenvalue weighted by Crippen LogP contribution is -2.14. The number of fused-ring (bicyclic) bond motifs is 18. The number of hydrogen-bond acceptors (Lipinski definition) is 2. The Morgan fingerprint density at radius 3 is 1.62 bits per heavy atom. The Balaban J connectivity index is 0.756. The number of nitrogens with zero attached hydrogens (tertiary/aromatic N) is 5. The molecule has 0 amide bonds. The van der Waals surface area contributed by atoms with E-state index in [9.17, 15) is 0 Å². The number of aromatic nitrogens is 5. The van der Waals surface area contributed by atoms with E-state index >= 15 is 0 Å². The monoisotopic (exact) mass is 1050 g/mol. The Bertz CT molecular complexity index is 5530. The number of imidazole rings is 1. The fourth-order valence-electron chi connectivity index (χ4n) is 14.3. The van der Waals surface area contributed by atoms with E-state index in [4.69, 9.17) is 9.40 Å². The summed E-state index contributed by atoms with van der Waals surface area (Å²) in [4.78, 5) is 5.65. The second kappa shape index (κ2) is 16.7. The summed E-state index contributed by atoms with van der Waals surface area (Å²) in [6, 6.07) is 95.1. The van der Waals surface area contributed by atoms with Crippen molar-refractivity contribution in [3.63, 3.8) is 0 Å². The number of para-hydroxylation sites is 5. The lowest BCUT2D eigenvalue weighted by Gasteiger charge is -2.21. The summed E-state index contributed by atoms with van der Waals surface area (Å²) in [5, 5.41) is 9.59. The first-order valence-corrected chi connectivity index (χ1v) is 28.3. The Labute approximate surface area is 471 Å². The van der Waals surface area contributed by atoms with Crippen molar-refractivity contribution in [3.8, 4) is 56.4 Å². The number of rotatable bonds is 6. The zero-order valence-electron chi connectivity index (χ0n) is 45.0. The molecule has 82 heavy (non-hydrogen) atoms. The fourth-order valence-corrected chi connectivity index (χ4v) is 14.3. The van der Waals surface area contributed by atoms with E-state index in [1.807, 2.05) is 6.07 Å². The van der Waals surface area contributed by atoms with Gasteiger partial charge >= 0.3 is 0 Å². The minimum atomic E-state index is -0.113. The first kappa shape index (κ1) is 45.2. The largest absolute Gasteiger partial charge is 0.456 e. The maximum absolute atomic E-state index is 6.45. The third-order valence-corrected chi connectivity index (χ3v) is 18.0. The average Bonchev–Trinajstić information content (AvgIpc) is 3.52. The molecule has 0 saturated carbocycles. The van der Waals surface area contributed by atoms with Gasteiger partial charge in [0.2, 0.25) is 5.95 Å². The molecule has 0 bridgehead atoms. The molecule has 18 rings (SSSR count). The third kappa shape index (κ3) is 6.20. The second-order valence-corrected chi connectivity index (χ2v) is 22.7. The van der Waals surface area contributed by atoms with Crippen LogP contribution in [0.4, 0.5) is 0 Å². The van der Waals surface area contributed by atoms with Crippen LogP contribution in [-0.4, -0.2) is 23.3 Å². The lowest BCUT2D eigenvalue weighted by molar-refractivity contribution is 0.661. The van der Waals surface area contributed by atoms with Crippen LogP contribution in [-0.2, 0) is 5.41 Å². The van der Waals surface area contributed by atoms with Gasteiger partial charge in [0, 0.05) is 65.6 Å². The van der Waals surface area contributed by atoms with Crippen LogP contribution in [0.2, 0.25) is 0 Å². The average molecular weight is 1050 g/mol. The molecule has 1 aliphatic rings. The van der Waals surface area contributed by atoms with Gasteiger partial charge in [-0.25, -0.2) is 4.98 Å². The van der Waals surface area contributed by atoms with Crippen molar-refractivity contribution < 1.29 is 4.42 Å². The minimum absolute atomic E-state index is 0.113. The van der Waals surface area contributed by atoms with Gasteiger partial charge in [0.05, 0.1) is 44.1 Å². The highest BCUT2D eigenvalue weighted by Gasteiger charge is 2.37. The van der Waals surface area contributed by atoms with E-state index in [-0.39, 0.29) is 5.41 Å². The predicted octanol–water partition coefficient (Wildman–Crippen LogP) is 19.9. The van der Waals surface area contributed by atoms with Crippen molar-refractivity contribution in [1.29, 1.82) is 0 Å². The molecule has 384 valence electrons. The minimum Gasteiger partial charge on any atom is -0.456 e. The summed E-state index contributed by atoms with van der Waals surface area (Å²) in [6.45, 7) is 4.72. The molecule has 0 aliphatic heterocycles. The standard InChI is InChI=1S/C76H49N5O/c1-76(2)59-25-13-9-22-54(59)71-60(76)36-40-68-72(71)55-23-11-15-27-63(55)81(68)75-77-61-45-49(33-39-66(61)80(75)51-19-7-4-8-20-51)48-32-37-64-57(43-48)53-21-10-14-26-62(53)78(64)52-34-29-46(30-35-52)47-31-38-65-58(44-47)73-67(79(65)50-17-5-3-6-18-50)41-42-70-74(73)56-24-12-16-28-69(56)82-70/h3-45H,1-2H3. The van der Waals surface area contributed by atoms with Crippen LogP contribution < -0.4 is 0 Å². The van der Waals surface area contributed by atoms with Crippen molar-refractivity contribution in [2.75, 3.05) is 0 Å². The van der Waals surface area contributed by atoms with Gasteiger partial charge in [-0.15, -0.1) is 0 Å². The van der Waals surface area contributed by atoms with Crippen LogP contribution in [0.1, 0.15) is 25.0 Å². The lowest BCUT2D eigenvalue weighted by atomic mass is 9.82. The summed E-state index contributed by atoms with van der Waals surface area (Å²) in [5.41, 5.74) is 23.8.